The van der Waals surface area contributed by atoms with E-state index in [-0.39, 0.29) is 24.3 Å². The lowest BCUT2D eigenvalue weighted by Gasteiger charge is -2.26. The van der Waals surface area contributed by atoms with Gasteiger partial charge in [-0.1, -0.05) is 26.0 Å². The summed E-state index contributed by atoms with van der Waals surface area (Å²) in [4.78, 5) is 43.1. The quantitative estimate of drug-likeness (QED) is 0.758. The van der Waals surface area contributed by atoms with Crippen molar-refractivity contribution in [2.75, 3.05) is 19.6 Å². The summed E-state index contributed by atoms with van der Waals surface area (Å²) in [6.45, 7) is 7.56. The van der Waals surface area contributed by atoms with Crippen LogP contribution in [0.2, 0.25) is 0 Å². The summed E-state index contributed by atoms with van der Waals surface area (Å²) in [7, 11) is 0. The van der Waals surface area contributed by atoms with E-state index in [1.54, 1.807) is 12.1 Å². The summed E-state index contributed by atoms with van der Waals surface area (Å²) in [5, 5.41) is 6.61. The predicted molar refractivity (Wildman–Crippen MR) is 112 cm³/mol. The Morgan fingerprint density at radius 1 is 1.28 bits per heavy atom. The molecule has 8 heteroatoms. The Balaban J connectivity index is 1.57. The SMILES string of the molecule is Cc1nc(CC(C)C)sc1C(=O)NCc1ccc(C(=O)N2CCNC(=O)C2)cc1. The van der Waals surface area contributed by atoms with Crippen LogP contribution in [0.15, 0.2) is 24.3 Å². The molecule has 0 bridgehead atoms. The first-order valence-corrected chi connectivity index (χ1v) is 10.5. The Bertz CT molecular complexity index is 905. The molecular formula is C21H26N4O3S. The molecule has 0 saturated carbocycles. The zero-order valence-corrected chi connectivity index (χ0v) is 17.8. The highest BCUT2D eigenvalue weighted by Crippen LogP contribution is 2.21. The largest absolute Gasteiger partial charge is 0.353 e. The molecular weight excluding hydrogens is 388 g/mol. The van der Waals surface area contributed by atoms with Crippen LogP contribution in [0.4, 0.5) is 0 Å². The Morgan fingerprint density at radius 2 is 2.00 bits per heavy atom. The van der Waals surface area contributed by atoms with Crippen molar-refractivity contribution in [2.24, 2.45) is 5.92 Å². The maximum atomic E-state index is 12.5. The minimum absolute atomic E-state index is 0.0869. The van der Waals surface area contributed by atoms with Crippen molar-refractivity contribution in [1.82, 2.24) is 20.5 Å². The second-order valence-electron chi connectivity index (χ2n) is 7.58. The van der Waals surface area contributed by atoms with E-state index in [4.69, 9.17) is 0 Å². The Labute approximate surface area is 174 Å². The fraction of sp³-hybridized carbons (Fsp3) is 0.429. The summed E-state index contributed by atoms with van der Waals surface area (Å²) in [6, 6.07) is 7.10. The van der Waals surface area contributed by atoms with Crippen LogP contribution in [0.3, 0.4) is 0 Å². The van der Waals surface area contributed by atoms with Crippen LogP contribution in [0.1, 0.15) is 50.1 Å². The van der Waals surface area contributed by atoms with Crippen molar-refractivity contribution in [1.29, 1.82) is 0 Å². The minimum Gasteiger partial charge on any atom is -0.353 e. The van der Waals surface area contributed by atoms with Crippen molar-refractivity contribution in [3.8, 4) is 0 Å². The van der Waals surface area contributed by atoms with Gasteiger partial charge in [0.05, 0.1) is 17.2 Å². The van der Waals surface area contributed by atoms with Gasteiger partial charge in [-0.3, -0.25) is 14.4 Å². The number of nitrogens with one attached hydrogen (secondary N) is 2. The molecule has 3 rings (SSSR count). The monoisotopic (exact) mass is 414 g/mol. The van der Waals surface area contributed by atoms with Crippen molar-refractivity contribution < 1.29 is 14.4 Å². The topological polar surface area (TPSA) is 91.4 Å². The van der Waals surface area contributed by atoms with E-state index in [1.807, 2.05) is 19.1 Å². The summed E-state index contributed by atoms with van der Waals surface area (Å²) >= 11 is 1.45. The van der Waals surface area contributed by atoms with E-state index in [2.05, 4.69) is 29.5 Å². The van der Waals surface area contributed by atoms with Crippen LogP contribution in [0.25, 0.3) is 0 Å². The van der Waals surface area contributed by atoms with E-state index >= 15 is 0 Å². The molecule has 7 nitrogen and oxygen atoms in total. The molecule has 3 amide bonds. The van der Waals surface area contributed by atoms with Crippen LogP contribution in [-0.2, 0) is 17.8 Å². The van der Waals surface area contributed by atoms with E-state index in [0.717, 1.165) is 22.7 Å². The molecule has 2 heterocycles. The minimum atomic E-state index is -0.159. The first-order valence-electron chi connectivity index (χ1n) is 9.73. The van der Waals surface area contributed by atoms with Gasteiger partial charge in [0.15, 0.2) is 0 Å². The van der Waals surface area contributed by atoms with Gasteiger partial charge in [-0.2, -0.15) is 0 Å². The lowest BCUT2D eigenvalue weighted by Crippen LogP contribution is -2.49. The standard InChI is InChI=1S/C21H26N4O3S/c1-13(2)10-18-24-14(3)19(29-18)20(27)23-11-15-4-6-16(7-5-15)21(28)25-9-8-22-17(26)12-25/h4-7,13H,8-12H2,1-3H3,(H,22,26)(H,23,27). The molecule has 29 heavy (non-hydrogen) atoms. The van der Waals surface area contributed by atoms with Gasteiger partial charge in [0.1, 0.15) is 4.88 Å². The van der Waals surface area contributed by atoms with Gasteiger partial charge in [0.25, 0.3) is 11.8 Å². The van der Waals surface area contributed by atoms with Gasteiger partial charge in [0.2, 0.25) is 5.91 Å². The normalized spacial score (nSPS) is 14.1. The second kappa shape index (κ2) is 9.17. The number of aryl methyl sites for hydroxylation is 1. The average Bonchev–Trinajstić information content (AvgIpc) is 3.05. The van der Waals surface area contributed by atoms with E-state index < -0.39 is 0 Å². The van der Waals surface area contributed by atoms with E-state index in [9.17, 15) is 14.4 Å². The molecule has 1 saturated heterocycles. The van der Waals surface area contributed by atoms with Gasteiger partial charge >= 0.3 is 0 Å². The molecule has 1 aliphatic heterocycles. The lowest BCUT2D eigenvalue weighted by molar-refractivity contribution is -0.123. The maximum absolute atomic E-state index is 12.5. The number of hydrogen-bond donors (Lipinski definition) is 2. The van der Waals surface area contributed by atoms with Crippen LogP contribution in [0.5, 0.6) is 0 Å². The fourth-order valence-electron chi connectivity index (χ4n) is 3.12. The summed E-state index contributed by atoms with van der Waals surface area (Å²) in [5.74, 6) is 0.0683. The van der Waals surface area contributed by atoms with Gasteiger partial charge in [-0.05, 0) is 30.5 Å². The molecule has 0 atom stereocenters. The van der Waals surface area contributed by atoms with Crippen molar-refractivity contribution >= 4 is 29.1 Å². The molecule has 154 valence electrons. The smallest absolute Gasteiger partial charge is 0.263 e. The highest BCUT2D eigenvalue weighted by Gasteiger charge is 2.22. The third-order valence-corrected chi connectivity index (χ3v) is 5.79. The number of carbonyl (C=O) groups is 3. The van der Waals surface area contributed by atoms with Crippen LogP contribution >= 0.6 is 11.3 Å². The average molecular weight is 415 g/mol. The number of rotatable bonds is 6. The molecule has 1 aliphatic rings. The highest BCUT2D eigenvalue weighted by atomic mass is 32.1. The first kappa shape index (κ1) is 21.0. The number of aromatic nitrogens is 1. The fourth-order valence-corrected chi connectivity index (χ4v) is 4.31. The summed E-state index contributed by atoms with van der Waals surface area (Å²) in [5.41, 5.74) is 2.19. The van der Waals surface area contributed by atoms with Crippen LogP contribution in [0, 0.1) is 12.8 Å². The van der Waals surface area contributed by atoms with Crippen LogP contribution < -0.4 is 10.6 Å². The first-order chi connectivity index (χ1) is 13.8. The zero-order valence-electron chi connectivity index (χ0n) is 16.9. The molecule has 1 aromatic carbocycles. The van der Waals surface area contributed by atoms with Crippen molar-refractivity contribution in [3.05, 3.63) is 51.0 Å². The van der Waals surface area contributed by atoms with Gasteiger partial charge in [0, 0.05) is 31.6 Å². The molecule has 0 unspecified atom stereocenters. The molecule has 1 aromatic heterocycles. The van der Waals surface area contributed by atoms with Crippen molar-refractivity contribution in [3.63, 3.8) is 0 Å². The number of nitrogens with zero attached hydrogens (tertiary/aromatic N) is 2. The summed E-state index contributed by atoms with van der Waals surface area (Å²) < 4.78 is 0. The predicted octanol–water partition coefficient (Wildman–Crippen LogP) is 2.15. The third kappa shape index (κ3) is 5.41. The molecule has 0 spiro atoms. The number of thiazole rings is 1. The number of amides is 3. The maximum Gasteiger partial charge on any atom is 0.263 e. The van der Waals surface area contributed by atoms with Crippen LogP contribution in [-0.4, -0.2) is 47.2 Å². The van der Waals surface area contributed by atoms with Gasteiger partial charge in [-0.25, -0.2) is 4.98 Å². The Morgan fingerprint density at radius 3 is 2.66 bits per heavy atom. The number of benzene rings is 1. The Hall–Kier alpha value is -2.74. The number of hydrogen-bond acceptors (Lipinski definition) is 5. The summed E-state index contributed by atoms with van der Waals surface area (Å²) in [6.07, 6.45) is 0.868. The Kier molecular flexibility index (Phi) is 6.64. The highest BCUT2D eigenvalue weighted by molar-refractivity contribution is 7.13. The van der Waals surface area contributed by atoms with E-state index in [1.165, 1.54) is 16.2 Å². The molecule has 2 N–H and O–H groups in total. The van der Waals surface area contributed by atoms with Gasteiger partial charge < -0.3 is 15.5 Å². The van der Waals surface area contributed by atoms with Crippen molar-refractivity contribution in [2.45, 2.75) is 33.7 Å². The molecule has 2 aromatic rings. The number of piperazine rings is 1. The third-order valence-electron chi connectivity index (χ3n) is 4.61. The molecule has 1 fully saturated rings. The van der Waals surface area contributed by atoms with Gasteiger partial charge in [-0.15, -0.1) is 11.3 Å². The number of carbonyl (C=O) groups excluding carboxylic acids is 3. The lowest BCUT2D eigenvalue weighted by atomic mass is 10.1. The second-order valence-corrected chi connectivity index (χ2v) is 8.66. The molecule has 0 aliphatic carbocycles. The van der Waals surface area contributed by atoms with E-state index in [0.29, 0.717) is 36.0 Å². The zero-order chi connectivity index (χ0) is 21.0. The molecule has 0 radical (unpaired) electrons.